The van der Waals surface area contributed by atoms with Crippen molar-refractivity contribution in [3.05, 3.63) is 65.4 Å². The van der Waals surface area contributed by atoms with Crippen molar-refractivity contribution in [3.63, 3.8) is 0 Å². The molecule has 0 saturated heterocycles. The SMILES string of the molecule is COc1cc(-n2ncc(COc3cccc([C@@H](CC(=O)O)C4CC4)c3)c2C2CC2)c(F)cn1. The van der Waals surface area contributed by atoms with E-state index in [0.29, 0.717) is 35.8 Å². The second-order valence-corrected chi connectivity index (χ2v) is 8.82. The van der Waals surface area contributed by atoms with Gasteiger partial charge in [0.15, 0.2) is 5.82 Å². The normalized spacial score (nSPS) is 16.4. The molecule has 2 heterocycles. The van der Waals surface area contributed by atoms with Gasteiger partial charge in [0, 0.05) is 17.5 Å². The summed E-state index contributed by atoms with van der Waals surface area (Å²) in [6, 6.07) is 9.25. The minimum atomic E-state index is -0.778. The van der Waals surface area contributed by atoms with Crippen LogP contribution in [0.15, 0.2) is 42.7 Å². The number of methoxy groups -OCH3 is 1. The molecule has 1 atom stereocenters. The Bertz CT molecular complexity index is 1170. The fraction of sp³-hybridized carbons (Fsp3) is 0.400. The van der Waals surface area contributed by atoms with Crippen molar-refractivity contribution in [2.24, 2.45) is 5.92 Å². The number of benzene rings is 1. The Morgan fingerprint density at radius 2 is 2.06 bits per heavy atom. The number of hydrogen-bond donors (Lipinski definition) is 1. The summed E-state index contributed by atoms with van der Waals surface area (Å²) in [4.78, 5) is 15.2. The van der Waals surface area contributed by atoms with Crippen molar-refractivity contribution in [2.75, 3.05) is 7.11 Å². The van der Waals surface area contributed by atoms with Crippen molar-refractivity contribution in [1.82, 2.24) is 14.8 Å². The van der Waals surface area contributed by atoms with Gasteiger partial charge in [-0.15, -0.1) is 0 Å². The van der Waals surface area contributed by atoms with Gasteiger partial charge in [0.25, 0.3) is 0 Å². The summed E-state index contributed by atoms with van der Waals surface area (Å²) in [6.45, 7) is 0.298. The molecule has 0 spiro atoms. The highest BCUT2D eigenvalue weighted by atomic mass is 19.1. The van der Waals surface area contributed by atoms with Gasteiger partial charge >= 0.3 is 5.97 Å². The number of carbonyl (C=O) groups is 1. The molecular weight excluding hydrogens is 425 g/mol. The van der Waals surface area contributed by atoms with Crippen LogP contribution in [0.4, 0.5) is 4.39 Å². The number of halogens is 1. The van der Waals surface area contributed by atoms with Gasteiger partial charge in [-0.05, 0) is 55.2 Å². The lowest BCUT2D eigenvalue weighted by atomic mass is 9.91. The molecular formula is C25H26FN3O4. The topological polar surface area (TPSA) is 86.5 Å². The van der Waals surface area contributed by atoms with E-state index in [1.54, 1.807) is 16.9 Å². The number of carboxylic acid groups (broad SMARTS) is 1. The lowest BCUT2D eigenvalue weighted by Crippen LogP contribution is -2.09. The Kier molecular flexibility index (Phi) is 5.74. The molecule has 2 saturated carbocycles. The molecule has 1 aromatic carbocycles. The lowest BCUT2D eigenvalue weighted by molar-refractivity contribution is -0.137. The summed E-state index contributed by atoms with van der Waals surface area (Å²) in [5.41, 5.74) is 3.15. The van der Waals surface area contributed by atoms with Gasteiger partial charge < -0.3 is 14.6 Å². The molecule has 0 unspecified atom stereocenters. The first-order chi connectivity index (χ1) is 16.0. The monoisotopic (exact) mass is 451 g/mol. The fourth-order valence-electron chi connectivity index (χ4n) is 4.41. The standard InChI is InChI=1S/C25H26FN3O4/c1-32-23-11-22(21(26)13-27-23)29-25(16-7-8-16)18(12-28-29)14-33-19-4-2-3-17(9-19)20(10-24(30)31)15-5-6-15/h2-4,9,11-13,15-16,20H,5-8,10,14H2,1H3,(H,30,31)/t20-/m0/s1. The van der Waals surface area contributed by atoms with Crippen LogP contribution in [0.2, 0.25) is 0 Å². The van der Waals surface area contributed by atoms with Crippen LogP contribution in [0.25, 0.3) is 5.69 Å². The number of rotatable bonds is 10. The van der Waals surface area contributed by atoms with E-state index in [4.69, 9.17) is 9.47 Å². The van der Waals surface area contributed by atoms with Crippen molar-refractivity contribution >= 4 is 5.97 Å². The number of aliphatic carboxylic acids is 1. The number of aromatic nitrogens is 3. The quantitative estimate of drug-likeness (QED) is 0.475. The van der Waals surface area contributed by atoms with E-state index in [-0.39, 0.29) is 12.3 Å². The van der Waals surface area contributed by atoms with E-state index >= 15 is 0 Å². The van der Waals surface area contributed by atoms with Gasteiger partial charge in [0.05, 0.1) is 31.6 Å². The first kappa shape index (κ1) is 21.4. The second-order valence-electron chi connectivity index (χ2n) is 8.82. The number of ether oxygens (including phenoxy) is 2. The van der Waals surface area contributed by atoms with E-state index in [9.17, 15) is 14.3 Å². The number of hydrogen-bond acceptors (Lipinski definition) is 5. The van der Waals surface area contributed by atoms with E-state index < -0.39 is 11.8 Å². The Hall–Kier alpha value is -3.42. The fourth-order valence-corrected chi connectivity index (χ4v) is 4.41. The Labute approximate surface area is 191 Å². The van der Waals surface area contributed by atoms with Gasteiger partial charge in [-0.25, -0.2) is 14.1 Å². The first-order valence-corrected chi connectivity index (χ1v) is 11.2. The summed E-state index contributed by atoms with van der Waals surface area (Å²) >= 11 is 0. The summed E-state index contributed by atoms with van der Waals surface area (Å²) in [5, 5.41) is 13.8. The zero-order valence-corrected chi connectivity index (χ0v) is 18.4. The van der Waals surface area contributed by atoms with Crippen LogP contribution >= 0.6 is 0 Å². The molecule has 33 heavy (non-hydrogen) atoms. The molecule has 0 bridgehead atoms. The Morgan fingerprint density at radius 3 is 2.76 bits per heavy atom. The van der Waals surface area contributed by atoms with Crippen molar-refractivity contribution < 1.29 is 23.8 Å². The van der Waals surface area contributed by atoms with Crippen molar-refractivity contribution in [2.45, 2.75) is 50.5 Å². The van der Waals surface area contributed by atoms with Gasteiger partial charge in [0.2, 0.25) is 5.88 Å². The molecule has 2 aromatic heterocycles. The maximum Gasteiger partial charge on any atom is 0.303 e. The highest BCUT2D eigenvalue weighted by Gasteiger charge is 2.34. The van der Waals surface area contributed by atoms with E-state index in [2.05, 4.69) is 10.1 Å². The third kappa shape index (κ3) is 4.69. The minimum absolute atomic E-state index is 0.0143. The predicted octanol–water partition coefficient (Wildman–Crippen LogP) is 4.84. The molecule has 2 fully saturated rings. The van der Waals surface area contributed by atoms with E-state index in [0.717, 1.165) is 48.7 Å². The summed E-state index contributed by atoms with van der Waals surface area (Å²) < 4.78 is 27.4. The summed E-state index contributed by atoms with van der Waals surface area (Å²) in [6.07, 6.45) is 7.19. The molecule has 0 aliphatic heterocycles. The van der Waals surface area contributed by atoms with Crippen LogP contribution in [0.1, 0.15) is 60.8 Å². The van der Waals surface area contributed by atoms with Crippen LogP contribution in [-0.4, -0.2) is 33.0 Å². The average Bonchev–Trinajstić information content (AvgIpc) is 3.75. The molecule has 1 N–H and O–H groups in total. The zero-order valence-electron chi connectivity index (χ0n) is 18.4. The minimum Gasteiger partial charge on any atom is -0.489 e. The molecule has 0 amide bonds. The van der Waals surface area contributed by atoms with E-state index in [1.807, 2.05) is 24.3 Å². The molecule has 7 nitrogen and oxygen atoms in total. The maximum atomic E-state index is 14.5. The Morgan fingerprint density at radius 1 is 1.24 bits per heavy atom. The smallest absolute Gasteiger partial charge is 0.303 e. The molecule has 0 radical (unpaired) electrons. The molecule has 3 aromatic rings. The lowest BCUT2D eigenvalue weighted by Gasteiger charge is -2.16. The van der Waals surface area contributed by atoms with Crippen molar-refractivity contribution in [1.29, 1.82) is 0 Å². The van der Waals surface area contributed by atoms with Gasteiger partial charge in [0.1, 0.15) is 18.0 Å². The number of nitrogens with zero attached hydrogens (tertiary/aromatic N) is 3. The zero-order chi connectivity index (χ0) is 22.9. The highest BCUT2D eigenvalue weighted by molar-refractivity contribution is 5.68. The molecule has 5 rings (SSSR count). The number of pyridine rings is 1. The van der Waals surface area contributed by atoms with E-state index in [1.165, 1.54) is 7.11 Å². The van der Waals surface area contributed by atoms with Gasteiger partial charge in [-0.2, -0.15) is 5.10 Å². The molecule has 2 aliphatic carbocycles. The predicted molar refractivity (Wildman–Crippen MR) is 118 cm³/mol. The van der Waals surface area contributed by atoms with Gasteiger partial charge in [-0.3, -0.25) is 4.79 Å². The summed E-state index contributed by atoms with van der Waals surface area (Å²) in [7, 11) is 1.49. The van der Waals surface area contributed by atoms with Gasteiger partial charge in [-0.1, -0.05) is 12.1 Å². The third-order valence-electron chi connectivity index (χ3n) is 6.36. The third-order valence-corrected chi connectivity index (χ3v) is 6.36. The van der Waals surface area contributed by atoms with Crippen LogP contribution in [-0.2, 0) is 11.4 Å². The maximum absolute atomic E-state index is 14.5. The molecule has 172 valence electrons. The first-order valence-electron chi connectivity index (χ1n) is 11.2. The van der Waals surface area contributed by atoms with Crippen LogP contribution < -0.4 is 9.47 Å². The number of carboxylic acids is 1. The average molecular weight is 451 g/mol. The van der Waals surface area contributed by atoms with Crippen LogP contribution in [0.5, 0.6) is 11.6 Å². The van der Waals surface area contributed by atoms with Crippen LogP contribution in [0, 0.1) is 11.7 Å². The summed E-state index contributed by atoms with van der Waals surface area (Å²) in [5.74, 6) is 0.527. The highest BCUT2D eigenvalue weighted by Crippen LogP contribution is 2.45. The van der Waals surface area contributed by atoms with Crippen LogP contribution in [0.3, 0.4) is 0 Å². The largest absolute Gasteiger partial charge is 0.489 e. The molecule has 2 aliphatic rings. The van der Waals surface area contributed by atoms with Crippen molar-refractivity contribution in [3.8, 4) is 17.3 Å². The molecule has 8 heteroatoms. The Balaban J connectivity index is 1.37. The second kappa shape index (κ2) is 8.84.